The van der Waals surface area contributed by atoms with Crippen molar-refractivity contribution >= 4 is 23.1 Å². The number of carbonyl (C=O) groups excluding carboxylic acids is 1. The molecule has 11 heteroatoms. The molecule has 0 saturated carbocycles. The van der Waals surface area contributed by atoms with Gasteiger partial charge >= 0.3 is 11.8 Å². The average molecular weight is 470 g/mol. The third-order valence-electron chi connectivity index (χ3n) is 6.07. The number of nitrogens with zero attached hydrogens (tertiary/aromatic N) is 3. The van der Waals surface area contributed by atoms with Gasteiger partial charge in [-0.25, -0.2) is 18.4 Å². The van der Waals surface area contributed by atoms with Gasteiger partial charge in [-0.05, 0) is 28.8 Å². The van der Waals surface area contributed by atoms with Gasteiger partial charge in [-0.3, -0.25) is 9.36 Å². The van der Waals surface area contributed by atoms with Crippen LogP contribution >= 0.6 is 0 Å². The normalized spacial score (nSPS) is 15.6. The van der Waals surface area contributed by atoms with E-state index in [1.165, 1.54) is 4.57 Å². The number of amides is 2. The summed E-state index contributed by atoms with van der Waals surface area (Å²) in [6, 6.07) is 13.3. The molecule has 1 fully saturated rings. The van der Waals surface area contributed by atoms with Gasteiger partial charge in [0.05, 0.1) is 11.6 Å². The summed E-state index contributed by atoms with van der Waals surface area (Å²) in [6.45, 7) is -1.24. The smallest absolute Gasteiger partial charge is 0.419 e. The minimum absolute atomic E-state index is 0.0831. The molecule has 34 heavy (non-hydrogen) atoms. The molecule has 4 rings (SSSR count). The van der Waals surface area contributed by atoms with Gasteiger partial charge < -0.3 is 19.7 Å². The Bertz CT molecular complexity index is 1350. The molecule has 1 aliphatic heterocycles. The molecule has 0 spiro atoms. The van der Waals surface area contributed by atoms with E-state index in [1.54, 1.807) is 31.3 Å². The number of fused-ring (bicyclic) bond motifs is 1. The van der Waals surface area contributed by atoms with Crippen LogP contribution in [0.25, 0.3) is 22.2 Å². The van der Waals surface area contributed by atoms with Crippen molar-refractivity contribution in [3.05, 3.63) is 58.6 Å². The molecule has 176 valence electrons. The number of rotatable bonds is 6. The molecule has 1 atom stereocenters. The Balaban J connectivity index is 1.45. The lowest BCUT2D eigenvalue weighted by atomic mass is 9.79. The predicted octanol–water partition coefficient (Wildman–Crippen LogP) is 2.59. The van der Waals surface area contributed by atoms with Crippen molar-refractivity contribution < 1.29 is 27.9 Å². The van der Waals surface area contributed by atoms with E-state index < -0.39 is 48.7 Å². The summed E-state index contributed by atoms with van der Waals surface area (Å²) in [4.78, 5) is 35.8. The first-order chi connectivity index (χ1) is 16.1. The molecule has 0 unspecified atom stereocenters. The number of nitrogens with one attached hydrogen (secondary N) is 1. The van der Waals surface area contributed by atoms with E-state index in [0.29, 0.717) is 16.7 Å². The molecule has 0 radical (unpaired) electrons. The van der Waals surface area contributed by atoms with E-state index in [4.69, 9.17) is 9.52 Å². The summed E-state index contributed by atoms with van der Waals surface area (Å²) in [5.41, 5.74) is 1.34. The van der Waals surface area contributed by atoms with Crippen LogP contribution in [0.5, 0.6) is 0 Å². The number of alkyl halides is 2. The second-order valence-electron chi connectivity index (χ2n) is 8.26. The minimum Gasteiger partial charge on any atom is -0.465 e. The van der Waals surface area contributed by atoms with Crippen LogP contribution in [0.1, 0.15) is 5.56 Å². The first-order valence-corrected chi connectivity index (χ1v) is 10.3. The topological polar surface area (TPSA) is 129 Å². The van der Waals surface area contributed by atoms with Crippen molar-refractivity contribution in [3.8, 4) is 17.2 Å². The Labute approximate surface area is 191 Å². The molecule has 2 N–H and O–H groups in total. The van der Waals surface area contributed by atoms with Gasteiger partial charge in [0.1, 0.15) is 11.5 Å². The molecular formula is C23H20F2N4O5. The zero-order valence-electron chi connectivity index (χ0n) is 18.0. The van der Waals surface area contributed by atoms with Crippen LogP contribution in [0.2, 0.25) is 0 Å². The van der Waals surface area contributed by atoms with Crippen LogP contribution in [0.15, 0.2) is 51.7 Å². The Morgan fingerprint density at radius 1 is 1.21 bits per heavy atom. The highest BCUT2D eigenvalue weighted by atomic mass is 19.3. The summed E-state index contributed by atoms with van der Waals surface area (Å²) in [5, 5.41) is 20.7. The maximum Gasteiger partial charge on any atom is 0.419 e. The lowest BCUT2D eigenvalue weighted by Gasteiger charge is -2.46. The van der Waals surface area contributed by atoms with E-state index in [0.717, 1.165) is 16.0 Å². The fourth-order valence-electron chi connectivity index (χ4n) is 3.96. The quantitative estimate of drug-likeness (QED) is 0.570. The largest absolute Gasteiger partial charge is 0.465 e. The molecule has 1 aliphatic rings. The maximum absolute atomic E-state index is 13.5. The van der Waals surface area contributed by atoms with Crippen LogP contribution in [-0.4, -0.2) is 52.1 Å². The first-order valence-electron chi connectivity index (χ1n) is 10.3. The Morgan fingerprint density at radius 2 is 1.85 bits per heavy atom. The molecular weight excluding hydrogens is 450 g/mol. The molecule has 2 heterocycles. The number of oxazole rings is 1. The van der Waals surface area contributed by atoms with Crippen LogP contribution in [0, 0.1) is 16.7 Å². The number of hydrogen-bond donors (Lipinski definition) is 2. The van der Waals surface area contributed by atoms with Gasteiger partial charge in [-0.15, -0.1) is 0 Å². The SMILES string of the molecule is Cn1c(=O)oc2ccc(-c3ccc(C[C@@H](C#N)NC(=O)C4(C(F)F)CN(C(=O)O)C4)cc3)cc21. The summed E-state index contributed by atoms with van der Waals surface area (Å²) in [6.07, 6.45) is -4.36. The number of halogens is 2. The fraction of sp³-hybridized carbons (Fsp3) is 0.304. The number of carboxylic acid groups (broad SMARTS) is 1. The molecule has 2 aromatic carbocycles. The monoisotopic (exact) mass is 470 g/mol. The molecule has 0 bridgehead atoms. The summed E-state index contributed by atoms with van der Waals surface area (Å²) >= 11 is 0. The number of likely N-dealkylation sites (tertiary alicyclic amines) is 1. The number of hydrogen-bond acceptors (Lipinski definition) is 5. The van der Waals surface area contributed by atoms with E-state index in [1.807, 2.05) is 24.3 Å². The van der Waals surface area contributed by atoms with Gasteiger partial charge in [0.2, 0.25) is 5.91 Å². The van der Waals surface area contributed by atoms with Crippen molar-refractivity contribution in [1.29, 1.82) is 5.26 Å². The van der Waals surface area contributed by atoms with Crippen molar-refractivity contribution in [3.63, 3.8) is 0 Å². The summed E-state index contributed by atoms with van der Waals surface area (Å²) in [5.74, 6) is -1.50. The zero-order valence-corrected chi connectivity index (χ0v) is 18.0. The fourth-order valence-corrected chi connectivity index (χ4v) is 3.96. The number of carbonyl (C=O) groups is 2. The lowest BCUT2D eigenvalue weighted by molar-refractivity contribution is -0.158. The van der Waals surface area contributed by atoms with E-state index in [2.05, 4.69) is 5.32 Å². The summed E-state index contributed by atoms with van der Waals surface area (Å²) in [7, 11) is 1.61. The second-order valence-corrected chi connectivity index (χ2v) is 8.26. The molecule has 0 aliphatic carbocycles. The van der Waals surface area contributed by atoms with Crippen LogP contribution in [0.4, 0.5) is 13.6 Å². The van der Waals surface area contributed by atoms with Crippen LogP contribution in [-0.2, 0) is 18.3 Å². The molecule has 2 amide bonds. The van der Waals surface area contributed by atoms with Gasteiger partial charge in [0, 0.05) is 26.6 Å². The van der Waals surface area contributed by atoms with Crippen molar-refractivity contribution in [2.24, 2.45) is 12.5 Å². The lowest BCUT2D eigenvalue weighted by Crippen LogP contribution is -2.68. The zero-order chi connectivity index (χ0) is 24.6. The van der Waals surface area contributed by atoms with Gasteiger partial charge in [0.15, 0.2) is 5.58 Å². The highest BCUT2D eigenvalue weighted by Gasteiger charge is 2.58. The van der Waals surface area contributed by atoms with Crippen LogP contribution < -0.4 is 11.1 Å². The van der Waals surface area contributed by atoms with Crippen molar-refractivity contribution in [2.75, 3.05) is 13.1 Å². The molecule has 9 nitrogen and oxygen atoms in total. The number of nitriles is 1. The van der Waals surface area contributed by atoms with Crippen LogP contribution in [0.3, 0.4) is 0 Å². The van der Waals surface area contributed by atoms with Crippen molar-refractivity contribution in [1.82, 2.24) is 14.8 Å². The Hall–Kier alpha value is -4.20. The van der Waals surface area contributed by atoms with E-state index in [9.17, 15) is 28.4 Å². The maximum atomic E-state index is 13.5. The third kappa shape index (κ3) is 3.98. The predicted molar refractivity (Wildman–Crippen MR) is 116 cm³/mol. The van der Waals surface area contributed by atoms with Gasteiger partial charge in [-0.2, -0.15) is 5.26 Å². The highest BCUT2D eigenvalue weighted by molar-refractivity contribution is 5.87. The first kappa shape index (κ1) is 23.0. The summed E-state index contributed by atoms with van der Waals surface area (Å²) < 4.78 is 33.6. The van der Waals surface area contributed by atoms with Gasteiger partial charge in [-0.1, -0.05) is 30.3 Å². The minimum atomic E-state index is -3.06. The Morgan fingerprint density at radius 3 is 2.44 bits per heavy atom. The number of aryl methyl sites for hydroxylation is 1. The van der Waals surface area contributed by atoms with E-state index in [-0.39, 0.29) is 6.42 Å². The third-order valence-corrected chi connectivity index (χ3v) is 6.07. The standard InChI is InChI=1S/C23H20F2N4O5/c1-28-17-9-15(6-7-18(17)34-22(28)33)14-4-2-13(3-5-14)8-16(10-26)27-20(30)23(19(24)25)11-29(12-23)21(31)32/h2-7,9,16,19H,8,11-12H2,1H3,(H,27,30)(H,31,32)/t16-/m0/s1. The van der Waals surface area contributed by atoms with Gasteiger partial charge in [0.25, 0.3) is 6.43 Å². The Kier molecular flexibility index (Phi) is 5.83. The highest BCUT2D eigenvalue weighted by Crippen LogP contribution is 2.37. The van der Waals surface area contributed by atoms with E-state index >= 15 is 0 Å². The molecule has 1 aromatic heterocycles. The molecule has 3 aromatic rings. The number of benzene rings is 2. The number of aromatic nitrogens is 1. The second kappa shape index (κ2) is 8.62. The molecule has 1 saturated heterocycles. The average Bonchev–Trinajstić information content (AvgIpc) is 3.05. The van der Waals surface area contributed by atoms with Crippen molar-refractivity contribution in [2.45, 2.75) is 18.9 Å².